The van der Waals surface area contributed by atoms with Crippen molar-refractivity contribution in [3.8, 4) is 5.75 Å². The van der Waals surface area contributed by atoms with Crippen molar-refractivity contribution in [3.05, 3.63) is 53.7 Å². The standard InChI is InChI=1S/C18H21FN4O/c1-12(2)24-17-6-5-14(7-16(17)19)18-13(3)9-23(11-20-18)15-8-21-22(4)10-15/h5-10,12H,11H2,1-4H3. The fourth-order valence-corrected chi connectivity index (χ4v) is 2.64. The smallest absolute Gasteiger partial charge is 0.165 e. The van der Waals surface area contributed by atoms with Crippen molar-refractivity contribution in [2.24, 2.45) is 12.0 Å². The van der Waals surface area contributed by atoms with Crippen molar-refractivity contribution in [1.82, 2.24) is 9.78 Å². The summed E-state index contributed by atoms with van der Waals surface area (Å²) in [6, 6.07) is 4.98. The number of hydrogen-bond acceptors (Lipinski definition) is 4. The maximum atomic E-state index is 14.2. The van der Waals surface area contributed by atoms with Crippen molar-refractivity contribution in [2.75, 3.05) is 11.6 Å². The molecule has 0 bridgehead atoms. The molecule has 1 aromatic heterocycles. The van der Waals surface area contributed by atoms with Crippen LogP contribution in [0.15, 0.2) is 47.4 Å². The number of rotatable bonds is 4. The van der Waals surface area contributed by atoms with Crippen LogP contribution in [-0.2, 0) is 7.05 Å². The molecule has 0 N–H and O–H groups in total. The zero-order valence-corrected chi connectivity index (χ0v) is 14.3. The second kappa shape index (κ2) is 6.47. The summed E-state index contributed by atoms with van der Waals surface area (Å²) in [6.07, 6.45) is 5.67. The van der Waals surface area contributed by atoms with Gasteiger partial charge in [0.15, 0.2) is 11.6 Å². The highest BCUT2D eigenvalue weighted by Crippen LogP contribution is 2.24. The normalized spacial score (nSPS) is 14.7. The average Bonchev–Trinajstić information content (AvgIpc) is 2.95. The van der Waals surface area contributed by atoms with Crippen LogP contribution in [0.3, 0.4) is 0 Å². The van der Waals surface area contributed by atoms with Crippen LogP contribution >= 0.6 is 0 Å². The highest BCUT2D eigenvalue weighted by Gasteiger charge is 2.17. The Bertz CT molecular complexity index is 807. The molecule has 2 heterocycles. The SMILES string of the molecule is CC1=CN(c2cnn(C)c2)CN=C1c1ccc(OC(C)C)c(F)c1. The zero-order valence-electron chi connectivity index (χ0n) is 14.3. The summed E-state index contributed by atoms with van der Waals surface area (Å²) in [7, 11) is 1.88. The van der Waals surface area contributed by atoms with Crippen LogP contribution in [0.1, 0.15) is 26.3 Å². The number of halogens is 1. The van der Waals surface area contributed by atoms with Crippen LogP contribution in [0.4, 0.5) is 10.1 Å². The van der Waals surface area contributed by atoms with Crippen LogP contribution < -0.4 is 9.64 Å². The second-order valence-corrected chi connectivity index (χ2v) is 6.11. The van der Waals surface area contributed by atoms with Crippen LogP contribution in [-0.4, -0.2) is 28.3 Å². The summed E-state index contributed by atoms with van der Waals surface area (Å²) in [5.41, 5.74) is 3.50. The van der Waals surface area contributed by atoms with Gasteiger partial charge in [0.25, 0.3) is 0 Å². The van der Waals surface area contributed by atoms with Gasteiger partial charge in [0.2, 0.25) is 0 Å². The van der Waals surface area contributed by atoms with Gasteiger partial charge < -0.3 is 9.64 Å². The zero-order chi connectivity index (χ0) is 17.3. The lowest BCUT2D eigenvalue weighted by molar-refractivity contribution is 0.231. The summed E-state index contributed by atoms with van der Waals surface area (Å²) in [5.74, 6) is -0.102. The van der Waals surface area contributed by atoms with Crippen LogP contribution in [0.25, 0.3) is 0 Å². The molecule has 126 valence electrons. The molecule has 1 aliphatic rings. The molecule has 0 radical (unpaired) electrons. The van der Waals surface area contributed by atoms with E-state index in [0.29, 0.717) is 6.67 Å². The summed E-state index contributed by atoms with van der Waals surface area (Å²) in [4.78, 5) is 6.62. The van der Waals surface area contributed by atoms with Crippen molar-refractivity contribution in [1.29, 1.82) is 0 Å². The van der Waals surface area contributed by atoms with E-state index in [0.717, 1.165) is 22.5 Å². The molecular weight excluding hydrogens is 307 g/mol. The lowest BCUT2D eigenvalue weighted by Gasteiger charge is -2.23. The first kappa shape index (κ1) is 16.2. The van der Waals surface area contributed by atoms with E-state index in [2.05, 4.69) is 10.1 Å². The maximum Gasteiger partial charge on any atom is 0.165 e. The summed E-state index contributed by atoms with van der Waals surface area (Å²) >= 11 is 0. The second-order valence-electron chi connectivity index (χ2n) is 6.11. The fraction of sp³-hybridized carbons (Fsp3) is 0.333. The Hall–Kier alpha value is -2.63. The topological polar surface area (TPSA) is 42.7 Å². The van der Waals surface area contributed by atoms with Crippen molar-refractivity contribution in [2.45, 2.75) is 26.9 Å². The van der Waals surface area contributed by atoms with Gasteiger partial charge in [-0.05, 0) is 44.5 Å². The van der Waals surface area contributed by atoms with Gasteiger partial charge in [-0.2, -0.15) is 5.10 Å². The molecule has 1 aliphatic heterocycles. The number of allylic oxidation sites excluding steroid dienone is 1. The quantitative estimate of drug-likeness (QED) is 0.862. The molecule has 0 saturated heterocycles. The van der Waals surface area contributed by atoms with Crippen LogP contribution in [0, 0.1) is 5.82 Å². The minimum atomic E-state index is -0.369. The average molecular weight is 328 g/mol. The lowest BCUT2D eigenvalue weighted by Crippen LogP contribution is -2.24. The number of nitrogens with zero attached hydrogens (tertiary/aromatic N) is 4. The van der Waals surface area contributed by atoms with Crippen LogP contribution in [0.5, 0.6) is 5.75 Å². The number of aryl methyl sites for hydroxylation is 1. The Kier molecular flexibility index (Phi) is 4.38. The molecular formula is C18H21FN4O. The predicted molar refractivity (Wildman–Crippen MR) is 93.0 cm³/mol. The fourth-order valence-electron chi connectivity index (χ4n) is 2.64. The molecule has 0 spiro atoms. The van der Waals surface area contributed by atoms with Gasteiger partial charge in [-0.15, -0.1) is 0 Å². The molecule has 6 heteroatoms. The first-order valence-electron chi connectivity index (χ1n) is 7.89. The number of hydrogen-bond donors (Lipinski definition) is 0. The van der Waals surface area contributed by atoms with Gasteiger partial charge in [-0.1, -0.05) is 0 Å². The number of anilines is 1. The van der Waals surface area contributed by atoms with Gasteiger partial charge in [-0.3, -0.25) is 9.67 Å². The minimum absolute atomic E-state index is 0.0629. The van der Waals surface area contributed by atoms with E-state index in [1.807, 2.05) is 51.2 Å². The molecule has 0 amide bonds. The first-order valence-corrected chi connectivity index (χ1v) is 7.89. The van der Waals surface area contributed by atoms with Crippen molar-refractivity contribution in [3.63, 3.8) is 0 Å². The van der Waals surface area contributed by atoms with E-state index < -0.39 is 0 Å². The molecule has 3 rings (SSSR count). The molecule has 0 saturated carbocycles. The van der Waals surface area contributed by atoms with Gasteiger partial charge in [-0.25, -0.2) is 4.39 Å². The third-order valence-corrected chi connectivity index (χ3v) is 3.70. The van der Waals surface area contributed by atoms with E-state index in [9.17, 15) is 4.39 Å². The number of benzene rings is 1. The summed E-state index contributed by atoms with van der Waals surface area (Å²) in [5, 5.41) is 4.17. The van der Waals surface area contributed by atoms with Crippen LogP contribution in [0.2, 0.25) is 0 Å². The molecule has 0 fully saturated rings. The predicted octanol–water partition coefficient (Wildman–Crippen LogP) is 3.52. The number of aliphatic imine (C=N–C) groups is 1. The van der Waals surface area contributed by atoms with Crippen molar-refractivity contribution < 1.29 is 9.13 Å². The van der Waals surface area contributed by atoms with E-state index in [1.165, 1.54) is 6.07 Å². The van der Waals surface area contributed by atoms with Gasteiger partial charge in [0.05, 0.1) is 23.7 Å². The van der Waals surface area contributed by atoms with E-state index in [1.54, 1.807) is 16.9 Å². The Labute approximate surface area is 141 Å². The third kappa shape index (κ3) is 3.32. The summed E-state index contributed by atoms with van der Waals surface area (Å²) in [6.45, 7) is 6.19. The van der Waals surface area contributed by atoms with Crippen molar-refractivity contribution >= 4 is 11.4 Å². The Balaban J connectivity index is 1.82. The Morgan fingerprint density at radius 1 is 1.29 bits per heavy atom. The molecule has 1 aromatic carbocycles. The first-order chi connectivity index (χ1) is 11.4. The van der Waals surface area contributed by atoms with E-state index in [4.69, 9.17) is 4.74 Å². The molecule has 5 nitrogen and oxygen atoms in total. The highest BCUT2D eigenvalue weighted by atomic mass is 19.1. The molecule has 0 aliphatic carbocycles. The summed E-state index contributed by atoms with van der Waals surface area (Å²) < 4.78 is 21.4. The molecule has 0 atom stereocenters. The lowest BCUT2D eigenvalue weighted by atomic mass is 10.0. The molecule has 0 unspecified atom stereocenters. The van der Waals surface area contributed by atoms with E-state index in [-0.39, 0.29) is 17.7 Å². The Morgan fingerprint density at radius 3 is 2.67 bits per heavy atom. The molecule has 2 aromatic rings. The van der Waals surface area contributed by atoms with Gasteiger partial charge in [0.1, 0.15) is 6.67 Å². The maximum absolute atomic E-state index is 14.2. The van der Waals surface area contributed by atoms with Gasteiger partial charge in [0, 0.05) is 25.0 Å². The minimum Gasteiger partial charge on any atom is -0.488 e. The number of ether oxygens (including phenoxy) is 1. The Morgan fingerprint density at radius 2 is 2.08 bits per heavy atom. The van der Waals surface area contributed by atoms with Gasteiger partial charge >= 0.3 is 0 Å². The monoisotopic (exact) mass is 328 g/mol. The van der Waals surface area contributed by atoms with E-state index >= 15 is 0 Å². The number of aromatic nitrogens is 2. The largest absolute Gasteiger partial charge is 0.488 e. The molecule has 24 heavy (non-hydrogen) atoms. The third-order valence-electron chi connectivity index (χ3n) is 3.70. The highest BCUT2D eigenvalue weighted by molar-refractivity contribution is 6.13.